The average Bonchev–Trinajstić information content (AvgIpc) is 2.73. The van der Waals surface area contributed by atoms with Gasteiger partial charge in [-0.1, -0.05) is 6.07 Å². The van der Waals surface area contributed by atoms with Crippen molar-refractivity contribution in [2.45, 2.75) is 25.4 Å². The van der Waals surface area contributed by atoms with E-state index < -0.39 is 0 Å². The van der Waals surface area contributed by atoms with Crippen molar-refractivity contribution in [3.63, 3.8) is 0 Å². The molecule has 3 rings (SSSR count). The van der Waals surface area contributed by atoms with Gasteiger partial charge in [0.05, 0.1) is 0 Å². The first-order valence-electron chi connectivity index (χ1n) is 8.39. The average molecular weight is 304 g/mol. The Hall–Kier alpha value is -1.17. The Morgan fingerprint density at radius 3 is 2.86 bits per heavy atom. The van der Waals surface area contributed by atoms with Crippen molar-refractivity contribution in [1.29, 1.82) is 0 Å². The van der Waals surface area contributed by atoms with E-state index in [1.54, 1.807) is 0 Å². The van der Waals surface area contributed by atoms with Gasteiger partial charge in [-0.25, -0.2) is 4.98 Å². The van der Waals surface area contributed by atoms with Gasteiger partial charge in [0.15, 0.2) is 0 Å². The second kappa shape index (κ2) is 7.40. The van der Waals surface area contributed by atoms with E-state index in [9.17, 15) is 0 Å². The molecule has 0 N–H and O–H groups in total. The third-order valence-electron chi connectivity index (χ3n) is 4.72. The van der Waals surface area contributed by atoms with E-state index in [2.05, 4.69) is 45.9 Å². The first-order chi connectivity index (χ1) is 10.7. The number of rotatable bonds is 4. The summed E-state index contributed by atoms with van der Waals surface area (Å²) in [5, 5.41) is 0. The van der Waals surface area contributed by atoms with E-state index in [1.807, 2.05) is 6.20 Å². The van der Waals surface area contributed by atoms with E-state index in [1.165, 1.54) is 11.4 Å². The van der Waals surface area contributed by atoms with Crippen LogP contribution >= 0.6 is 0 Å². The number of pyridine rings is 1. The maximum absolute atomic E-state index is 5.52. The fraction of sp³-hybridized carbons (Fsp3) is 0.706. The molecular weight excluding hydrogens is 276 g/mol. The van der Waals surface area contributed by atoms with Gasteiger partial charge in [0.25, 0.3) is 0 Å². The lowest BCUT2D eigenvalue weighted by Gasteiger charge is -2.33. The lowest BCUT2D eigenvalue weighted by Crippen LogP contribution is -2.42. The molecular formula is C17H28N4O. The summed E-state index contributed by atoms with van der Waals surface area (Å²) >= 11 is 0. The number of ether oxygens (including phenoxy) is 1. The number of aromatic nitrogens is 1. The molecule has 1 fully saturated rings. The lowest BCUT2D eigenvalue weighted by atomic mass is 10.1. The molecule has 0 radical (unpaired) electrons. The Morgan fingerprint density at radius 2 is 2.09 bits per heavy atom. The van der Waals surface area contributed by atoms with Crippen LogP contribution in [0.1, 0.15) is 18.4 Å². The summed E-state index contributed by atoms with van der Waals surface area (Å²) in [6.07, 6.45) is 4.24. The SMILES string of the molecule is CN(C)CCN1CCN(C2CCOCC2)Cc2cccnc21. The number of fused-ring (bicyclic) bond motifs is 1. The quantitative estimate of drug-likeness (QED) is 0.840. The molecule has 1 saturated heterocycles. The van der Waals surface area contributed by atoms with Gasteiger partial charge in [-0.2, -0.15) is 0 Å². The van der Waals surface area contributed by atoms with Crippen LogP contribution in [-0.4, -0.2) is 74.3 Å². The highest BCUT2D eigenvalue weighted by Gasteiger charge is 2.26. The molecule has 3 heterocycles. The molecule has 2 aliphatic heterocycles. The minimum atomic E-state index is 0.663. The zero-order valence-electron chi connectivity index (χ0n) is 13.9. The fourth-order valence-electron chi connectivity index (χ4n) is 3.39. The van der Waals surface area contributed by atoms with Crippen LogP contribution in [0, 0.1) is 0 Å². The molecule has 122 valence electrons. The number of hydrogen-bond acceptors (Lipinski definition) is 5. The zero-order chi connectivity index (χ0) is 15.4. The molecule has 22 heavy (non-hydrogen) atoms. The summed E-state index contributed by atoms with van der Waals surface area (Å²) in [6, 6.07) is 4.97. The van der Waals surface area contributed by atoms with Crippen molar-refractivity contribution in [3.05, 3.63) is 23.9 Å². The van der Waals surface area contributed by atoms with E-state index in [0.29, 0.717) is 6.04 Å². The maximum atomic E-state index is 5.52. The molecule has 0 aliphatic carbocycles. The molecule has 0 atom stereocenters. The molecule has 0 unspecified atom stereocenters. The molecule has 0 aromatic carbocycles. The van der Waals surface area contributed by atoms with E-state index >= 15 is 0 Å². The summed E-state index contributed by atoms with van der Waals surface area (Å²) in [6.45, 7) is 7.12. The first kappa shape index (κ1) is 15.7. The fourth-order valence-corrected chi connectivity index (χ4v) is 3.39. The lowest BCUT2D eigenvalue weighted by molar-refractivity contribution is 0.0328. The van der Waals surface area contributed by atoms with Crippen LogP contribution in [-0.2, 0) is 11.3 Å². The number of anilines is 1. The highest BCUT2D eigenvalue weighted by Crippen LogP contribution is 2.25. The summed E-state index contributed by atoms with van der Waals surface area (Å²) in [5.74, 6) is 1.18. The zero-order valence-corrected chi connectivity index (χ0v) is 13.9. The Morgan fingerprint density at radius 1 is 1.27 bits per heavy atom. The molecule has 1 aromatic heterocycles. The third-order valence-corrected chi connectivity index (χ3v) is 4.72. The molecule has 0 bridgehead atoms. The second-order valence-corrected chi connectivity index (χ2v) is 6.59. The molecule has 5 heteroatoms. The van der Waals surface area contributed by atoms with Crippen molar-refractivity contribution >= 4 is 5.82 Å². The summed E-state index contributed by atoms with van der Waals surface area (Å²) < 4.78 is 5.52. The second-order valence-electron chi connectivity index (χ2n) is 6.59. The van der Waals surface area contributed by atoms with Crippen LogP contribution in [0.2, 0.25) is 0 Å². The largest absolute Gasteiger partial charge is 0.381 e. The van der Waals surface area contributed by atoms with Gasteiger partial charge < -0.3 is 14.5 Å². The molecule has 0 amide bonds. The van der Waals surface area contributed by atoms with Crippen LogP contribution in [0.4, 0.5) is 5.82 Å². The van der Waals surface area contributed by atoms with Gasteiger partial charge in [0.1, 0.15) is 5.82 Å². The molecule has 0 spiro atoms. The van der Waals surface area contributed by atoms with Gasteiger partial charge in [-0.15, -0.1) is 0 Å². The number of hydrogen-bond donors (Lipinski definition) is 0. The van der Waals surface area contributed by atoms with E-state index in [-0.39, 0.29) is 0 Å². The Balaban J connectivity index is 1.74. The van der Waals surface area contributed by atoms with Crippen LogP contribution in [0.25, 0.3) is 0 Å². The monoisotopic (exact) mass is 304 g/mol. The van der Waals surface area contributed by atoms with Crippen LogP contribution in [0.15, 0.2) is 18.3 Å². The minimum absolute atomic E-state index is 0.663. The Kier molecular flexibility index (Phi) is 5.28. The van der Waals surface area contributed by atoms with Crippen molar-refractivity contribution in [2.75, 3.05) is 58.4 Å². The predicted molar refractivity (Wildman–Crippen MR) is 89.3 cm³/mol. The molecule has 5 nitrogen and oxygen atoms in total. The van der Waals surface area contributed by atoms with Crippen molar-refractivity contribution in [1.82, 2.24) is 14.8 Å². The van der Waals surface area contributed by atoms with Crippen LogP contribution < -0.4 is 4.90 Å². The van der Waals surface area contributed by atoms with E-state index in [0.717, 1.165) is 58.8 Å². The van der Waals surface area contributed by atoms with E-state index in [4.69, 9.17) is 4.74 Å². The summed E-state index contributed by atoms with van der Waals surface area (Å²) in [7, 11) is 4.26. The van der Waals surface area contributed by atoms with Gasteiger partial charge in [-0.3, -0.25) is 4.90 Å². The third kappa shape index (κ3) is 3.77. The maximum Gasteiger partial charge on any atom is 0.133 e. The standard InChI is InChI=1S/C17H28N4O/c1-19(2)8-9-20-10-11-21(16-5-12-22-13-6-16)14-15-4-3-7-18-17(15)20/h3-4,7,16H,5-6,8-14H2,1-2H3. The van der Waals surface area contributed by atoms with Gasteiger partial charge in [0.2, 0.25) is 0 Å². The predicted octanol–water partition coefficient (Wildman–Crippen LogP) is 1.44. The van der Waals surface area contributed by atoms with Crippen molar-refractivity contribution in [2.24, 2.45) is 0 Å². The number of nitrogens with zero attached hydrogens (tertiary/aromatic N) is 4. The normalized spacial score (nSPS) is 21.0. The number of likely N-dealkylation sites (N-methyl/N-ethyl adjacent to an activating group) is 1. The van der Waals surface area contributed by atoms with Gasteiger partial charge in [-0.05, 0) is 33.0 Å². The summed E-state index contributed by atoms with van der Waals surface area (Å²) in [4.78, 5) is 12.0. The smallest absolute Gasteiger partial charge is 0.133 e. The van der Waals surface area contributed by atoms with Gasteiger partial charge in [0, 0.05) is 63.7 Å². The van der Waals surface area contributed by atoms with Crippen molar-refractivity contribution in [3.8, 4) is 0 Å². The highest BCUT2D eigenvalue weighted by molar-refractivity contribution is 5.47. The Bertz CT molecular complexity index is 473. The summed E-state index contributed by atoms with van der Waals surface area (Å²) in [5.41, 5.74) is 1.37. The van der Waals surface area contributed by atoms with Gasteiger partial charge >= 0.3 is 0 Å². The van der Waals surface area contributed by atoms with Crippen molar-refractivity contribution < 1.29 is 4.74 Å². The van der Waals surface area contributed by atoms with Crippen LogP contribution in [0.5, 0.6) is 0 Å². The Labute approximate surface area is 133 Å². The first-order valence-corrected chi connectivity index (χ1v) is 8.39. The molecule has 2 aliphatic rings. The highest BCUT2D eigenvalue weighted by atomic mass is 16.5. The molecule has 1 aromatic rings. The molecule has 0 saturated carbocycles. The minimum Gasteiger partial charge on any atom is -0.381 e. The topological polar surface area (TPSA) is 31.8 Å². The van der Waals surface area contributed by atoms with Crippen LogP contribution in [0.3, 0.4) is 0 Å².